The molecular formula is C23H23F3N4O4S. The van der Waals surface area contributed by atoms with Crippen LogP contribution in [0.25, 0.3) is 11.1 Å². The van der Waals surface area contributed by atoms with Crippen molar-refractivity contribution in [2.24, 2.45) is 0 Å². The van der Waals surface area contributed by atoms with Crippen LogP contribution in [-0.4, -0.2) is 35.7 Å². The second-order valence-electron chi connectivity index (χ2n) is 9.19. The fourth-order valence-corrected chi connectivity index (χ4v) is 4.85. The third-order valence-electron chi connectivity index (χ3n) is 5.68. The number of pyridine rings is 1. The first kappa shape index (κ1) is 24.7. The van der Waals surface area contributed by atoms with Crippen molar-refractivity contribution < 1.29 is 31.1 Å². The molecule has 4 rings (SSSR count). The molecule has 0 aliphatic carbocycles. The summed E-state index contributed by atoms with van der Waals surface area (Å²) in [6, 6.07) is 3.81. The third kappa shape index (κ3) is 4.62. The van der Waals surface area contributed by atoms with Gasteiger partial charge in [-0.2, -0.15) is 13.5 Å². The van der Waals surface area contributed by atoms with E-state index in [-0.39, 0.29) is 35.1 Å². The van der Waals surface area contributed by atoms with Gasteiger partial charge in [0.2, 0.25) is 16.8 Å². The quantitative estimate of drug-likeness (QED) is 0.538. The van der Waals surface area contributed by atoms with Crippen LogP contribution in [-0.2, 0) is 26.8 Å². The number of nitrogens with one attached hydrogen (secondary N) is 1. The summed E-state index contributed by atoms with van der Waals surface area (Å²) in [5.41, 5.74) is -0.664. The van der Waals surface area contributed by atoms with Gasteiger partial charge in [-0.1, -0.05) is 13.8 Å². The van der Waals surface area contributed by atoms with Crippen molar-refractivity contribution in [1.29, 1.82) is 0 Å². The highest BCUT2D eigenvalue weighted by Gasteiger charge is 2.32. The highest BCUT2D eigenvalue weighted by Crippen LogP contribution is 2.36. The van der Waals surface area contributed by atoms with E-state index >= 15 is 4.39 Å². The molecule has 0 saturated heterocycles. The average molecular weight is 509 g/mol. The van der Waals surface area contributed by atoms with Gasteiger partial charge in [0.15, 0.2) is 17.5 Å². The van der Waals surface area contributed by atoms with Gasteiger partial charge in [0, 0.05) is 17.8 Å². The van der Waals surface area contributed by atoms with Gasteiger partial charge >= 0.3 is 0 Å². The van der Waals surface area contributed by atoms with Crippen LogP contribution >= 0.6 is 0 Å². The summed E-state index contributed by atoms with van der Waals surface area (Å²) >= 11 is 0. The molecule has 0 fully saturated rings. The van der Waals surface area contributed by atoms with Crippen molar-refractivity contribution >= 4 is 15.9 Å². The van der Waals surface area contributed by atoms with Crippen molar-refractivity contribution in [3.8, 4) is 17.0 Å². The monoisotopic (exact) mass is 508 g/mol. The Kier molecular flexibility index (Phi) is 6.12. The average Bonchev–Trinajstić information content (AvgIpc) is 3.17. The Balaban J connectivity index is 1.97. The molecule has 35 heavy (non-hydrogen) atoms. The highest BCUT2D eigenvalue weighted by molar-refractivity contribution is 7.90. The van der Waals surface area contributed by atoms with E-state index in [2.05, 4.69) is 10.1 Å². The lowest BCUT2D eigenvalue weighted by molar-refractivity contribution is -0.118. The summed E-state index contributed by atoms with van der Waals surface area (Å²) in [6.45, 7) is 6.57. The molecule has 1 amide bonds. The minimum atomic E-state index is -4.70. The first-order chi connectivity index (χ1) is 16.3. The van der Waals surface area contributed by atoms with E-state index in [1.807, 2.05) is 0 Å². The van der Waals surface area contributed by atoms with Gasteiger partial charge in [0.05, 0.1) is 18.2 Å². The van der Waals surface area contributed by atoms with E-state index in [9.17, 15) is 22.0 Å². The fraction of sp³-hybridized carbons (Fsp3) is 0.348. The zero-order chi connectivity index (χ0) is 25.7. The predicted molar refractivity (Wildman–Crippen MR) is 120 cm³/mol. The van der Waals surface area contributed by atoms with Crippen LogP contribution in [0.2, 0.25) is 0 Å². The van der Waals surface area contributed by atoms with Gasteiger partial charge in [-0.15, -0.1) is 0 Å². The molecule has 4 bridgehead atoms. The van der Waals surface area contributed by atoms with Crippen LogP contribution in [0, 0.1) is 17.5 Å². The number of benzene rings is 1. The maximum atomic E-state index is 15.2. The third-order valence-corrected chi connectivity index (χ3v) is 6.96. The number of carbonyl (C=O) groups excluding carboxylic acids is 1. The molecule has 0 unspecified atom stereocenters. The number of aromatic nitrogens is 3. The van der Waals surface area contributed by atoms with E-state index in [4.69, 9.17) is 4.74 Å². The van der Waals surface area contributed by atoms with Crippen LogP contribution in [0.15, 0.2) is 35.6 Å². The zero-order valence-corrected chi connectivity index (χ0v) is 20.2. The minimum absolute atomic E-state index is 0.0658. The van der Waals surface area contributed by atoms with Crippen molar-refractivity contribution in [2.45, 2.75) is 50.6 Å². The number of carbonyl (C=O) groups is 1. The first-order valence-electron chi connectivity index (χ1n) is 10.7. The van der Waals surface area contributed by atoms with Gasteiger partial charge in [0.1, 0.15) is 6.61 Å². The van der Waals surface area contributed by atoms with E-state index in [0.717, 1.165) is 16.9 Å². The number of amides is 1. The Labute approximate surface area is 200 Å². The van der Waals surface area contributed by atoms with Crippen LogP contribution in [0.5, 0.6) is 5.88 Å². The molecule has 1 aliphatic heterocycles. The number of halogens is 3. The largest absolute Gasteiger partial charge is 0.475 e. The van der Waals surface area contributed by atoms with Crippen LogP contribution in [0.4, 0.5) is 13.2 Å². The normalized spacial score (nSPS) is 17.1. The Bertz CT molecular complexity index is 1430. The topological polar surface area (TPSA) is 103 Å². The molecule has 1 aliphatic rings. The molecule has 3 heterocycles. The highest BCUT2D eigenvalue weighted by atomic mass is 32.2. The molecule has 8 nitrogen and oxygen atoms in total. The molecule has 0 spiro atoms. The maximum Gasteiger partial charge on any atom is 0.286 e. The lowest BCUT2D eigenvalue weighted by Crippen LogP contribution is -2.35. The van der Waals surface area contributed by atoms with Crippen molar-refractivity contribution in [3.05, 3.63) is 59.2 Å². The van der Waals surface area contributed by atoms with E-state index in [1.54, 1.807) is 32.4 Å². The van der Waals surface area contributed by atoms with Crippen LogP contribution in [0.3, 0.4) is 0 Å². The smallest absolute Gasteiger partial charge is 0.286 e. The number of sulfonamides is 1. The molecular weight excluding hydrogens is 485 g/mol. The van der Waals surface area contributed by atoms with Crippen molar-refractivity contribution in [2.75, 3.05) is 6.61 Å². The second-order valence-corrected chi connectivity index (χ2v) is 10.8. The summed E-state index contributed by atoms with van der Waals surface area (Å²) in [4.78, 5) is 17.0. The fourth-order valence-electron chi connectivity index (χ4n) is 3.87. The van der Waals surface area contributed by atoms with Gasteiger partial charge in [-0.25, -0.2) is 22.9 Å². The van der Waals surface area contributed by atoms with Gasteiger partial charge in [-0.3, -0.25) is 9.48 Å². The number of nitrogens with zero attached hydrogens (tertiary/aromatic N) is 3. The zero-order valence-electron chi connectivity index (χ0n) is 19.4. The number of ether oxygens (including phenoxy) is 1. The summed E-state index contributed by atoms with van der Waals surface area (Å²) < 4.78 is 78.5. The second kappa shape index (κ2) is 8.67. The summed E-state index contributed by atoms with van der Waals surface area (Å²) in [6.07, 6.45) is 1.61. The first-order valence-corrected chi connectivity index (χ1v) is 12.2. The van der Waals surface area contributed by atoms with Gasteiger partial charge in [0.25, 0.3) is 10.0 Å². The number of rotatable bonds is 1. The minimum Gasteiger partial charge on any atom is -0.475 e. The number of hydrogen-bond donors (Lipinski definition) is 1. The SMILES string of the molecule is CC(C)c1cc(F)c(F)c2c1CC(=O)NS(=O)(=O)c1nn(cc1F)C(C)(C)COc1cc-2ccn1. The Morgan fingerprint density at radius 1 is 1.17 bits per heavy atom. The van der Waals surface area contributed by atoms with Crippen LogP contribution in [0.1, 0.15) is 44.7 Å². The Morgan fingerprint density at radius 3 is 2.57 bits per heavy atom. The molecule has 1 N–H and O–H groups in total. The molecule has 0 radical (unpaired) electrons. The standard InChI is InChI=1S/C23H23F3N4O4S/c1-12(2)14-8-16(24)21(26)20-13-5-6-27-19(7-13)34-11-23(3,4)30-10-17(25)22(28-30)35(32,33)29-18(31)9-15(14)20/h5-8,10,12H,9,11H2,1-4H3,(H,29,31). The summed E-state index contributed by atoms with van der Waals surface area (Å²) in [5.74, 6) is -4.82. The number of hydrogen-bond acceptors (Lipinski definition) is 6. The molecule has 12 heteroatoms. The molecule has 3 aromatic rings. The maximum absolute atomic E-state index is 15.2. The predicted octanol–water partition coefficient (Wildman–Crippen LogP) is 3.66. The Morgan fingerprint density at radius 2 is 1.89 bits per heavy atom. The van der Waals surface area contributed by atoms with Crippen molar-refractivity contribution in [3.63, 3.8) is 0 Å². The molecule has 186 valence electrons. The summed E-state index contributed by atoms with van der Waals surface area (Å²) in [7, 11) is -4.70. The van der Waals surface area contributed by atoms with Gasteiger partial charge < -0.3 is 4.74 Å². The lowest BCUT2D eigenvalue weighted by atomic mass is 9.88. The molecule has 0 atom stereocenters. The Hall–Kier alpha value is -3.41. The van der Waals surface area contributed by atoms with Crippen LogP contribution < -0.4 is 9.46 Å². The summed E-state index contributed by atoms with van der Waals surface area (Å²) in [5, 5.41) is 2.87. The lowest BCUT2D eigenvalue weighted by Gasteiger charge is -2.25. The molecule has 1 aromatic carbocycles. The number of fused-ring (bicyclic) bond motifs is 6. The molecule has 0 saturated carbocycles. The van der Waals surface area contributed by atoms with Crippen molar-refractivity contribution in [1.82, 2.24) is 19.5 Å². The van der Waals surface area contributed by atoms with E-state index < -0.39 is 50.4 Å². The van der Waals surface area contributed by atoms with E-state index in [0.29, 0.717) is 5.56 Å². The molecule has 2 aromatic heterocycles. The van der Waals surface area contributed by atoms with Gasteiger partial charge in [-0.05, 0) is 48.6 Å². The van der Waals surface area contributed by atoms with E-state index in [1.165, 1.54) is 18.3 Å².